The van der Waals surface area contributed by atoms with Crippen molar-refractivity contribution in [1.82, 2.24) is 4.98 Å². The van der Waals surface area contributed by atoms with Gasteiger partial charge in [0.05, 0.1) is 17.3 Å². The van der Waals surface area contributed by atoms with Gasteiger partial charge in [-0.2, -0.15) is 5.26 Å². The van der Waals surface area contributed by atoms with Crippen LogP contribution >= 0.6 is 0 Å². The minimum atomic E-state index is -0.00749. The molecule has 1 unspecified atom stereocenters. The number of hydrogen-bond acceptors (Lipinski definition) is 3. The molecule has 0 saturated carbocycles. The summed E-state index contributed by atoms with van der Waals surface area (Å²) < 4.78 is 13.7. The van der Waals surface area contributed by atoms with Crippen molar-refractivity contribution in [3.8, 4) is 30.2 Å². The minimum absolute atomic E-state index is 0.00749. The average molecular weight is 540 g/mol. The van der Waals surface area contributed by atoms with Crippen LogP contribution in [0.3, 0.4) is 0 Å². The van der Waals surface area contributed by atoms with E-state index in [0.717, 1.165) is 60.2 Å². The minimum Gasteiger partial charge on any atom is -0.327 e. The zero-order valence-corrected chi connectivity index (χ0v) is 25.0. The third-order valence-corrected chi connectivity index (χ3v) is 6.18. The molecular formula is C36H46FN3. The molecule has 1 aromatic carbocycles. The van der Waals surface area contributed by atoms with Crippen molar-refractivity contribution in [1.29, 1.82) is 5.26 Å². The van der Waals surface area contributed by atoms with E-state index in [4.69, 9.17) is 10.7 Å². The smallest absolute Gasteiger partial charge is 0.103 e. The van der Waals surface area contributed by atoms with E-state index in [2.05, 4.69) is 63.6 Å². The molecule has 1 heterocycles. The first-order valence-corrected chi connectivity index (χ1v) is 13.8. The lowest BCUT2D eigenvalue weighted by Crippen LogP contribution is -2.01. The van der Waals surface area contributed by atoms with Gasteiger partial charge in [-0.3, -0.25) is 4.98 Å². The molecule has 1 atom stereocenters. The predicted molar refractivity (Wildman–Crippen MR) is 171 cm³/mol. The number of rotatable bonds is 8. The Hall–Kier alpha value is -3.99. The molecule has 1 aliphatic rings. The van der Waals surface area contributed by atoms with Crippen LogP contribution < -0.4 is 5.73 Å². The molecule has 40 heavy (non-hydrogen) atoms. The first-order chi connectivity index (χ1) is 19.3. The monoisotopic (exact) mass is 539 g/mol. The average Bonchev–Trinajstić information content (AvgIpc) is 2.98. The summed E-state index contributed by atoms with van der Waals surface area (Å²) in [4.78, 5) is 4.80. The number of aryl methyl sites for hydroxylation is 2. The Kier molecular flexibility index (Phi) is 19.7. The molecule has 0 fully saturated rings. The zero-order valence-electron chi connectivity index (χ0n) is 25.0. The lowest BCUT2D eigenvalue weighted by Gasteiger charge is -2.14. The number of halogens is 1. The summed E-state index contributed by atoms with van der Waals surface area (Å²) in [5.74, 6) is 0.00598. The molecule has 3 rings (SSSR count). The van der Waals surface area contributed by atoms with Crippen LogP contribution in [0.4, 0.5) is 4.39 Å². The summed E-state index contributed by atoms with van der Waals surface area (Å²) in [5.41, 5.74) is 12.2. The lowest BCUT2D eigenvalue weighted by molar-refractivity contribution is 0.486. The number of pyridine rings is 1. The quantitative estimate of drug-likeness (QED) is 0.206. The highest BCUT2D eigenvalue weighted by Gasteiger charge is 2.13. The number of aromatic nitrogens is 1. The summed E-state index contributed by atoms with van der Waals surface area (Å²) in [7, 11) is 0. The molecule has 0 aliphatic heterocycles. The van der Waals surface area contributed by atoms with Crippen LogP contribution in [0.5, 0.6) is 0 Å². The fourth-order valence-electron chi connectivity index (χ4n) is 3.87. The summed E-state index contributed by atoms with van der Waals surface area (Å²) >= 11 is 0. The number of hydrogen-bond donors (Lipinski definition) is 1. The highest BCUT2D eigenvalue weighted by atomic mass is 19.1. The topological polar surface area (TPSA) is 62.7 Å². The van der Waals surface area contributed by atoms with Gasteiger partial charge < -0.3 is 5.73 Å². The van der Waals surface area contributed by atoms with E-state index in [9.17, 15) is 9.65 Å². The summed E-state index contributed by atoms with van der Waals surface area (Å²) in [6, 6.07) is 13.8. The van der Waals surface area contributed by atoms with Crippen molar-refractivity contribution >= 4 is 0 Å². The van der Waals surface area contributed by atoms with Crippen molar-refractivity contribution < 1.29 is 4.39 Å². The standard InChI is InChI=1S/C23H23FN2.C8H15N.C3H6.C2H2/c1-16-10-12-18(14-21(16)24)6-5-9-22-17(2)11-13-23(26-22)20-8-4-3-7-19(20)15-25;1-3-8(4-2)6-5-7-9;1-3-2;1-2/h3-4,7-8,11-14,16H,5-6,9-10H2,1-2H3;3,5-6H,4,7,9H2,1-2H3;3H,1H2,2H3;1-2H/b;6-5-,8-3-;;. The largest absolute Gasteiger partial charge is 0.327 e. The Morgan fingerprint density at radius 3 is 2.45 bits per heavy atom. The van der Waals surface area contributed by atoms with E-state index in [-0.39, 0.29) is 11.7 Å². The molecule has 1 aromatic heterocycles. The van der Waals surface area contributed by atoms with Crippen LogP contribution in [0.1, 0.15) is 70.2 Å². The van der Waals surface area contributed by atoms with E-state index in [0.29, 0.717) is 12.1 Å². The Bertz CT molecular complexity index is 1220. The van der Waals surface area contributed by atoms with Gasteiger partial charge in [-0.15, -0.1) is 19.4 Å². The van der Waals surface area contributed by atoms with Gasteiger partial charge in [0.2, 0.25) is 0 Å². The second kappa shape index (κ2) is 21.9. The second-order valence-corrected chi connectivity index (χ2v) is 9.18. The fourth-order valence-corrected chi connectivity index (χ4v) is 3.87. The maximum absolute atomic E-state index is 13.7. The van der Waals surface area contributed by atoms with Gasteiger partial charge in [-0.05, 0) is 82.2 Å². The number of nitriles is 1. The Morgan fingerprint density at radius 1 is 1.20 bits per heavy atom. The van der Waals surface area contributed by atoms with Gasteiger partial charge in [0.15, 0.2) is 0 Å². The molecular weight excluding hydrogens is 493 g/mol. The van der Waals surface area contributed by atoms with Crippen LogP contribution in [0.25, 0.3) is 11.3 Å². The molecule has 0 amide bonds. The highest BCUT2D eigenvalue weighted by Crippen LogP contribution is 2.27. The SMILES string of the molecule is C#C.C/C=C(\C=C/CN)CC.C=CC.Cc1ccc(-c2ccccc2C#N)nc1CCCC1=CCC(C)C(F)=C1. The molecule has 1 aliphatic carbocycles. The van der Waals surface area contributed by atoms with Crippen LogP contribution in [-0.4, -0.2) is 11.5 Å². The summed E-state index contributed by atoms with van der Waals surface area (Å²) in [6.45, 7) is 14.0. The third kappa shape index (κ3) is 13.2. The molecule has 2 aromatic rings. The predicted octanol–water partition coefficient (Wildman–Crippen LogP) is 9.37. The van der Waals surface area contributed by atoms with E-state index in [1.165, 1.54) is 5.57 Å². The van der Waals surface area contributed by atoms with Gasteiger partial charge in [-0.1, -0.05) is 74.1 Å². The molecule has 2 N–H and O–H groups in total. The van der Waals surface area contributed by atoms with Crippen molar-refractivity contribution in [3.63, 3.8) is 0 Å². The van der Waals surface area contributed by atoms with Gasteiger partial charge in [0.1, 0.15) is 5.83 Å². The zero-order chi connectivity index (χ0) is 30.3. The third-order valence-electron chi connectivity index (χ3n) is 6.18. The van der Waals surface area contributed by atoms with E-state index in [1.54, 1.807) is 12.2 Å². The summed E-state index contributed by atoms with van der Waals surface area (Å²) in [6.07, 6.45) is 24.2. The molecule has 212 valence electrons. The number of terminal acetylenes is 1. The Morgan fingerprint density at radius 2 is 1.88 bits per heavy atom. The van der Waals surface area contributed by atoms with Gasteiger partial charge in [0, 0.05) is 23.7 Å². The number of nitrogens with zero attached hydrogens (tertiary/aromatic N) is 2. The first kappa shape index (κ1) is 36.0. The molecule has 0 spiro atoms. The maximum atomic E-state index is 13.7. The molecule has 0 radical (unpaired) electrons. The second-order valence-electron chi connectivity index (χ2n) is 9.18. The van der Waals surface area contributed by atoms with Crippen LogP contribution in [-0.2, 0) is 6.42 Å². The highest BCUT2D eigenvalue weighted by molar-refractivity contribution is 5.67. The molecule has 0 saturated heterocycles. The lowest BCUT2D eigenvalue weighted by atomic mass is 9.94. The van der Waals surface area contributed by atoms with Gasteiger partial charge in [-0.25, -0.2) is 4.39 Å². The molecule has 0 bridgehead atoms. The Labute approximate surface area is 242 Å². The number of nitrogens with two attached hydrogens (primary N) is 1. The van der Waals surface area contributed by atoms with Crippen molar-refractivity contribution in [2.24, 2.45) is 11.7 Å². The van der Waals surface area contributed by atoms with E-state index >= 15 is 0 Å². The van der Waals surface area contributed by atoms with Gasteiger partial charge >= 0.3 is 0 Å². The molecule has 4 heteroatoms. The van der Waals surface area contributed by atoms with Crippen molar-refractivity contribution in [3.05, 3.63) is 113 Å². The van der Waals surface area contributed by atoms with Crippen molar-refractivity contribution in [2.75, 3.05) is 6.54 Å². The van der Waals surface area contributed by atoms with Crippen LogP contribution in [0, 0.1) is 37.0 Å². The maximum Gasteiger partial charge on any atom is 0.103 e. The number of benzene rings is 1. The first-order valence-electron chi connectivity index (χ1n) is 13.8. The van der Waals surface area contributed by atoms with Crippen molar-refractivity contribution in [2.45, 2.75) is 66.7 Å². The summed E-state index contributed by atoms with van der Waals surface area (Å²) in [5, 5.41) is 9.31. The Balaban J connectivity index is 0.000000912. The van der Waals surface area contributed by atoms with Crippen LogP contribution in [0.15, 0.2) is 96.4 Å². The normalized spacial score (nSPS) is 14.1. The number of allylic oxidation sites excluding steroid dienone is 8. The van der Waals surface area contributed by atoms with Gasteiger partial charge in [0.25, 0.3) is 0 Å². The fraction of sp³-hybridized carbons (Fsp3) is 0.333. The molecule has 3 nitrogen and oxygen atoms in total. The van der Waals surface area contributed by atoms with E-state index < -0.39 is 0 Å². The van der Waals surface area contributed by atoms with Crippen LogP contribution in [0.2, 0.25) is 0 Å². The van der Waals surface area contributed by atoms with E-state index in [1.807, 2.05) is 57.2 Å².